The summed E-state index contributed by atoms with van der Waals surface area (Å²) in [5, 5.41) is 0. The van der Waals surface area contributed by atoms with Gasteiger partial charge in [0.25, 0.3) is 0 Å². The molecule has 0 N–H and O–H groups in total. The molecule has 0 saturated carbocycles. The van der Waals surface area contributed by atoms with Crippen LogP contribution in [0.2, 0.25) is 0 Å². The molecule has 0 aromatic heterocycles. The second kappa shape index (κ2) is 11.3. The molecule has 0 amide bonds. The van der Waals surface area contributed by atoms with E-state index in [4.69, 9.17) is 9.47 Å². The topological polar surface area (TPSA) is 78.9 Å². The lowest BCUT2D eigenvalue weighted by atomic mass is 10.4. The SMILES string of the molecule is CCCCOC(=O)COC(=O)/C=C/C(=O)OCCC. The van der Waals surface area contributed by atoms with Gasteiger partial charge < -0.3 is 14.2 Å². The van der Waals surface area contributed by atoms with Crippen molar-refractivity contribution < 1.29 is 28.6 Å². The fraction of sp³-hybridized carbons (Fsp3) is 0.615. The van der Waals surface area contributed by atoms with Gasteiger partial charge in [0.2, 0.25) is 0 Å². The number of unbranched alkanes of at least 4 members (excludes halogenated alkanes) is 1. The molecule has 0 fully saturated rings. The number of esters is 3. The molecule has 6 nitrogen and oxygen atoms in total. The first-order chi connectivity index (χ1) is 9.10. The number of carbonyl (C=O) groups is 3. The Morgan fingerprint density at radius 3 is 2.05 bits per heavy atom. The monoisotopic (exact) mass is 272 g/mol. The molecule has 0 radical (unpaired) electrons. The molecule has 19 heavy (non-hydrogen) atoms. The predicted molar refractivity (Wildman–Crippen MR) is 67.2 cm³/mol. The number of ether oxygens (including phenoxy) is 3. The van der Waals surface area contributed by atoms with Crippen molar-refractivity contribution in [3.63, 3.8) is 0 Å². The standard InChI is InChI=1S/C13H20O6/c1-3-5-9-18-13(16)10-19-12(15)7-6-11(14)17-8-4-2/h6-7H,3-5,8-10H2,1-2H3/b7-6+. The first-order valence-corrected chi connectivity index (χ1v) is 6.27. The van der Waals surface area contributed by atoms with Gasteiger partial charge in [0.05, 0.1) is 13.2 Å². The second-order valence-corrected chi connectivity index (χ2v) is 3.68. The molecule has 0 aliphatic heterocycles. The Kier molecular flexibility index (Phi) is 10.2. The summed E-state index contributed by atoms with van der Waals surface area (Å²) in [5.41, 5.74) is 0. The maximum absolute atomic E-state index is 11.1. The zero-order valence-electron chi connectivity index (χ0n) is 11.3. The van der Waals surface area contributed by atoms with Gasteiger partial charge in [-0.05, 0) is 12.8 Å². The Balaban J connectivity index is 3.76. The van der Waals surface area contributed by atoms with Crippen molar-refractivity contribution >= 4 is 17.9 Å². The highest BCUT2D eigenvalue weighted by molar-refractivity contribution is 5.92. The largest absolute Gasteiger partial charge is 0.463 e. The smallest absolute Gasteiger partial charge is 0.344 e. The zero-order valence-corrected chi connectivity index (χ0v) is 11.3. The highest BCUT2D eigenvalue weighted by atomic mass is 16.6. The van der Waals surface area contributed by atoms with E-state index in [0.717, 1.165) is 25.0 Å². The average molecular weight is 272 g/mol. The molecule has 0 atom stereocenters. The molecule has 0 aromatic rings. The van der Waals surface area contributed by atoms with Crippen molar-refractivity contribution in [2.75, 3.05) is 19.8 Å². The summed E-state index contributed by atoms with van der Waals surface area (Å²) < 4.78 is 14.1. The summed E-state index contributed by atoms with van der Waals surface area (Å²) in [7, 11) is 0. The average Bonchev–Trinajstić information content (AvgIpc) is 2.40. The summed E-state index contributed by atoms with van der Waals surface area (Å²) in [6.07, 6.45) is 4.25. The van der Waals surface area contributed by atoms with Gasteiger partial charge in [-0.3, -0.25) is 0 Å². The van der Waals surface area contributed by atoms with Crippen molar-refractivity contribution in [1.82, 2.24) is 0 Å². The molecular formula is C13H20O6. The Morgan fingerprint density at radius 2 is 1.47 bits per heavy atom. The minimum Gasteiger partial charge on any atom is -0.463 e. The van der Waals surface area contributed by atoms with Crippen molar-refractivity contribution in [3.8, 4) is 0 Å². The molecule has 0 saturated heterocycles. The van der Waals surface area contributed by atoms with Gasteiger partial charge in [-0.15, -0.1) is 0 Å². The van der Waals surface area contributed by atoms with E-state index in [1.54, 1.807) is 0 Å². The van der Waals surface area contributed by atoms with E-state index < -0.39 is 24.5 Å². The van der Waals surface area contributed by atoms with Crippen molar-refractivity contribution in [2.24, 2.45) is 0 Å². The van der Waals surface area contributed by atoms with Crippen LogP contribution in [0.25, 0.3) is 0 Å². The van der Waals surface area contributed by atoms with E-state index in [2.05, 4.69) is 4.74 Å². The summed E-state index contributed by atoms with van der Waals surface area (Å²) >= 11 is 0. The van der Waals surface area contributed by atoms with E-state index in [0.29, 0.717) is 19.6 Å². The van der Waals surface area contributed by atoms with Crippen molar-refractivity contribution in [3.05, 3.63) is 12.2 Å². The highest BCUT2D eigenvalue weighted by Crippen LogP contribution is 1.91. The van der Waals surface area contributed by atoms with Gasteiger partial charge in [0, 0.05) is 12.2 Å². The van der Waals surface area contributed by atoms with Crippen LogP contribution in [-0.2, 0) is 28.6 Å². The maximum Gasteiger partial charge on any atom is 0.344 e. The van der Waals surface area contributed by atoms with Crippen LogP contribution in [0.5, 0.6) is 0 Å². The molecule has 0 aliphatic rings. The molecule has 0 aliphatic carbocycles. The molecule has 0 rings (SSSR count). The molecule has 0 aromatic carbocycles. The van der Waals surface area contributed by atoms with Gasteiger partial charge in [-0.1, -0.05) is 20.3 Å². The Bertz CT molecular complexity index is 321. The third-order valence-corrected chi connectivity index (χ3v) is 1.90. The third-order valence-electron chi connectivity index (χ3n) is 1.90. The molecule has 0 spiro atoms. The van der Waals surface area contributed by atoms with Crippen molar-refractivity contribution in [1.29, 1.82) is 0 Å². The summed E-state index contributed by atoms with van der Waals surface area (Å²) in [6.45, 7) is 3.97. The predicted octanol–water partition coefficient (Wildman–Crippen LogP) is 1.38. The van der Waals surface area contributed by atoms with Crippen molar-refractivity contribution in [2.45, 2.75) is 33.1 Å². The highest BCUT2D eigenvalue weighted by Gasteiger charge is 2.06. The fourth-order valence-electron chi connectivity index (χ4n) is 0.937. The third kappa shape index (κ3) is 11.0. The minimum absolute atomic E-state index is 0.294. The van der Waals surface area contributed by atoms with Gasteiger partial charge >= 0.3 is 17.9 Å². The Labute approximate surface area is 112 Å². The van der Waals surface area contributed by atoms with Crippen LogP contribution in [0.3, 0.4) is 0 Å². The first kappa shape index (κ1) is 17.2. The molecule has 108 valence electrons. The Morgan fingerprint density at radius 1 is 0.842 bits per heavy atom. The van der Waals surface area contributed by atoms with E-state index in [-0.39, 0.29) is 0 Å². The molecule has 0 heterocycles. The normalized spacial score (nSPS) is 10.2. The van der Waals surface area contributed by atoms with Gasteiger partial charge in [-0.2, -0.15) is 0 Å². The van der Waals surface area contributed by atoms with Crippen LogP contribution >= 0.6 is 0 Å². The van der Waals surface area contributed by atoms with Crippen LogP contribution in [0.4, 0.5) is 0 Å². The van der Waals surface area contributed by atoms with E-state index in [9.17, 15) is 14.4 Å². The van der Waals surface area contributed by atoms with Crippen LogP contribution in [0.15, 0.2) is 12.2 Å². The van der Waals surface area contributed by atoms with E-state index in [1.165, 1.54) is 0 Å². The summed E-state index contributed by atoms with van der Waals surface area (Å²) in [5.74, 6) is -2.02. The van der Waals surface area contributed by atoms with Crippen LogP contribution < -0.4 is 0 Å². The van der Waals surface area contributed by atoms with Crippen LogP contribution in [0.1, 0.15) is 33.1 Å². The quantitative estimate of drug-likeness (QED) is 0.273. The maximum atomic E-state index is 11.1. The van der Waals surface area contributed by atoms with Crippen LogP contribution in [-0.4, -0.2) is 37.7 Å². The van der Waals surface area contributed by atoms with Gasteiger partial charge in [0.1, 0.15) is 0 Å². The number of rotatable bonds is 9. The summed E-state index contributed by atoms with van der Waals surface area (Å²) in [4.78, 5) is 33.2. The van der Waals surface area contributed by atoms with E-state index in [1.807, 2.05) is 13.8 Å². The number of hydrogen-bond acceptors (Lipinski definition) is 6. The number of hydrogen-bond donors (Lipinski definition) is 0. The molecule has 6 heteroatoms. The fourth-order valence-corrected chi connectivity index (χ4v) is 0.937. The number of carbonyl (C=O) groups excluding carboxylic acids is 3. The van der Waals surface area contributed by atoms with Gasteiger partial charge in [0.15, 0.2) is 6.61 Å². The Hall–Kier alpha value is -1.85. The lowest BCUT2D eigenvalue weighted by Crippen LogP contribution is -2.16. The molecule has 0 bridgehead atoms. The lowest BCUT2D eigenvalue weighted by molar-refractivity contribution is -0.156. The minimum atomic E-state index is -0.791. The molecule has 0 unspecified atom stereocenters. The lowest BCUT2D eigenvalue weighted by Gasteiger charge is -2.03. The van der Waals surface area contributed by atoms with Crippen LogP contribution in [0, 0.1) is 0 Å². The second-order valence-electron chi connectivity index (χ2n) is 3.68. The zero-order chi connectivity index (χ0) is 14.5. The summed E-state index contributed by atoms with van der Waals surface area (Å²) in [6, 6.07) is 0. The first-order valence-electron chi connectivity index (χ1n) is 6.27. The molecular weight excluding hydrogens is 252 g/mol. The van der Waals surface area contributed by atoms with Gasteiger partial charge in [-0.25, -0.2) is 14.4 Å². The van der Waals surface area contributed by atoms with E-state index >= 15 is 0 Å².